The average molecular weight is 317 g/mol. The number of fused-ring (bicyclic) bond motifs is 4. The van der Waals surface area contributed by atoms with Gasteiger partial charge in [-0.2, -0.15) is 0 Å². The minimum absolute atomic E-state index is 0.00775. The van der Waals surface area contributed by atoms with E-state index in [2.05, 4.69) is 13.8 Å². The quantitative estimate of drug-likeness (QED) is 0.847. The van der Waals surface area contributed by atoms with Gasteiger partial charge in [-0.05, 0) is 45.6 Å². The predicted molar refractivity (Wildman–Crippen MR) is 85.8 cm³/mol. The van der Waals surface area contributed by atoms with Crippen molar-refractivity contribution in [1.29, 1.82) is 0 Å². The summed E-state index contributed by atoms with van der Waals surface area (Å²) in [6, 6.07) is 1.91. The molecule has 4 rings (SSSR count). The summed E-state index contributed by atoms with van der Waals surface area (Å²) < 4.78 is 23.6. The molecule has 1 saturated heterocycles. The first-order valence-corrected chi connectivity index (χ1v) is 8.18. The monoisotopic (exact) mass is 317 g/mol. The van der Waals surface area contributed by atoms with Gasteiger partial charge in [-0.1, -0.05) is 0 Å². The molecule has 124 valence electrons. The average Bonchev–Trinajstić information content (AvgIpc) is 3.00. The molecular formula is C18H23NO4. The fourth-order valence-corrected chi connectivity index (χ4v) is 4.17. The van der Waals surface area contributed by atoms with Crippen molar-refractivity contribution >= 4 is 11.1 Å². The van der Waals surface area contributed by atoms with Gasteiger partial charge in [0.1, 0.15) is 11.4 Å². The molecule has 0 N–H and O–H groups in total. The highest BCUT2D eigenvalue weighted by molar-refractivity contribution is 5.83. The zero-order valence-electron chi connectivity index (χ0n) is 14.1. The van der Waals surface area contributed by atoms with Gasteiger partial charge < -0.3 is 18.6 Å². The number of hydrogen-bond donors (Lipinski definition) is 0. The highest BCUT2D eigenvalue weighted by Gasteiger charge is 2.53. The van der Waals surface area contributed by atoms with Crippen LogP contribution in [-0.4, -0.2) is 30.9 Å². The summed E-state index contributed by atoms with van der Waals surface area (Å²) in [5.41, 5.74) is 2.01. The Labute approximate surface area is 135 Å². The van der Waals surface area contributed by atoms with Crippen LogP contribution in [0.2, 0.25) is 0 Å². The zero-order valence-corrected chi connectivity index (χ0v) is 14.1. The van der Waals surface area contributed by atoms with Crippen LogP contribution >= 0.6 is 0 Å². The third kappa shape index (κ3) is 2.03. The molecule has 0 amide bonds. The van der Waals surface area contributed by atoms with Crippen LogP contribution in [0.1, 0.15) is 44.4 Å². The van der Waals surface area contributed by atoms with E-state index < -0.39 is 5.60 Å². The maximum absolute atomic E-state index is 6.36. The van der Waals surface area contributed by atoms with E-state index in [4.69, 9.17) is 23.6 Å². The molecule has 3 heterocycles. The molecule has 2 aliphatic rings. The van der Waals surface area contributed by atoms with Crippen LogP contribution < -0.4 is 4.74 Å². The Morgan fingerprint density at radius 2 is 2.09 bits per heavy atom. The van der Waals surface area contributed by atoms with Crippen molar-refractivity contribution < 1.29 is 18.6 Å². The molecule has 0 radical (unpaired) electrons. The zero-order chi connectivity index (χ0) is 16.2. The third-order valence-electron chi connectivity index (χ3n) is 5.37. The van der Waals surface area contributed by atoms with Crippen molar-refractivity contribution in [2.75, 3.05) is 14.2 Å². The van der Waals surface area contributed by atoms with E-state index in [9.17, 15) is 0 Å². The van der Waals surface area contributed by atoms with Crippen LogP contribution in [0, 0.1) is 0 Å². The first-order valence-electron chi connectivity index (χ1n) is 8.18. The topological polar surface area (TPSA) is 53.7 Å². The summed E-state index contributed by atoms with van der Waals surface area (Å²) in [7, 11) is 3.46. The number of aromatic nitrogens is 1. The minimum Gasteiger partial charge on any atom is -0.496 e. The van der Waals surface area contributed by atoms with Gasteiger partial charge in [0.15, 0.2) is 0 Å². The Morgan fingerprint density at radius 1 is 1.26 bits per heavy atom. The van der Waals surface area contributed by atoms with E-state index in [1.54, 1.807) is 20.5 Å². The Hall–Kier alpha value is -1.59. The maximum Gasteiger partial charge on any atom is 0.229 e. The van der Waals surface area contributed by atoms with Crippen LogP contribution in [0.4, 0.5) is 0 Å². The number of methoxy groups -OCH3 is 2. The van der Waals surface area contributed by atoms with Gasteiger partial charge in [-0.15, -0.1) is 0 Å². The number of pyridine rings is 1. The van der Waals surface area contributed by atoms with Crippen LogP contribution in [0.25, 0.3) is 11.1 Å². The van der Waals surface area contributed by atoms with E-state index in [0.29, 0.717) is 5.71 Å². The van der Waals surface area contributed by atoms with Gasteiger partial charge in [0.05, 0.1) is 36.2 Å². The molecule has 2 aromatic rings. The van der Waals surface area contributed by atoms with E-state index in [1.807, 2.05) is 6.07 Å². The number of ether oxygens (including phenoxy) is 3. The second-order valence-corrected chi connectivity index (χ2v) is 7.11. The second kappa shape index (κ2) is 4.95. The van der Waals surface area contributed by atoms with Gasteiger partial charge >= 0.3 is 0 Å². The van der Waals surface area contributed by atoms with E-state index >= 15 is 0 Å². The predicted octanol–water partition coefficient (Wildman–Crippen LogP) is 3.58. The molecular weight excluding hydrogens is 294 g/mol. The Kier molecular flexibility index (Phi) is 3.22. The van der Waals surface area contributed by atoms with Crippen molar-refractivity contribution in [2.24, 2.45) is 0 Å². The summed E-state index contributed by atoms with van der Waals surface area (Å²) in [5, 5.41) is 0.924. The summed E-state index contributed by atoms with van der Waals surface area (Å²) >= 11 is 0. The van der Waals surface area contributed by atoms with Gasteiger partial charge in [0.2, 0.25) is 5.71 Å². The largest absolute Gasteiger partial charge is 0.496 e. The summed E-state index contributed by atoms with van der Waals surface area (Å²) in [6.07, 6.45) is 5.26. The molecule has 0 aromatic carbocycles. The second-order valence-electron chi connectivity index (χ2n) is 7.11. The molecule has 0 spiro atoms. The lowest BCUT2D eigenvalue weighted by atomic mass is 9.73. The number of hydrogen-bond acceptors (Lipinski definition) is 5. The standard InChI is InChI=1S/C18H23NO4/c1-17(2)8-9-18(21-4)13(23-17)6-5-11-14(20-3)12-7-10-22-16(12)19-15(11)18/h7,10,13H,5-6,8-9H2,1-4H3/t13-,18-/m1/s1. The van der Waals surface area contributed by atoms with Crippen molar-refractivity contribution in [1.82, 2.24) is 4.98 Å². The summed E-state index contributed by atoms with van der Waals surface area (Å²) in [6.45, 7) is 4.29. The molecule has 5 heteroatoms. The molecule has 1 aliphatic carbocycles. The number of nitrogens with zero attached hydrogens (tertiary/aromatic N) is 1. The van der Waals surface area contributed by atoms with Crippen molar-refractivity contribution in [3.8, 4) is 5.75 Å². The molecule has 0 bridgehead atoms. The number of rotatable bonds is 2. The molecule has 2 atom stereocenters. The van der Waals surface area contributed by atoms with Crippen LogP contribution in [0.3, 0.4) is 0 Å². The highest BCUT2D eigenvalue weighted by Crippen LogP contribution is 2.51. The third-order valence-corrected chi connectivity index (χ3v) is 5.37. The normalized spacial score (nSPS) is 29.1. The fourth-order valence-electron chi connectivity index (χ4n) is 4.17. The first kappa shape index (κ1) is 15.0. The highest BCUT2D eigenvalue weighted by atomic mass is 16.6. The Balaban J connectivity index is 1.93. The van der Waals surface area contributed by atoms with Crippen molar-refractivity contribution in [3.05, 3.63) is 23.6 Å². The molecule has 1 fully saturated rings. The molecule has 2 aromatic heterocycles. The Bertz CT molecular complexity index is 751. The van der Waals surface area contributed by atoms with Crippen LogP contribution in [0.5, 0.6) is 5.75 Å². The van der Waals surface area contributed by atoms with Gasteiger partial charge in [-0.3, -0.25) is 0 Å². The summed E-state index contributed by atoms with van der Waals surface area (Å²) in [5.74, 6) is 0.860. The molecule has 1 aliphatic heterocycles. The van der Waals surface area contributed by atoms with Gasteiger partial charge in [-0.25, -0.2) is 4.98 Å². The van der Waals surface area contributed by atoms with Gasteiger partial charge in [0.25, 0.3) is 0 Å². The minimum atomic E-state index is -0.517. The van der Waals surface area contributed by atoms with Crippen molar-refractivity contribution in [3.63, 3.8) is 0 Å². The number of furan rings is 1. The van der Waals surface area contributed by atoms with E-state index in [-0.39, 0.29) is 11.7 Å². The molecule has 23 heavy (non-hydrogen) atoms. The maximum atomic E-state index is 6.36. The van der Waals surface area contributed by atoms with E-state index in [0.717, 1.165) is 48.1 Å². The van der Waals surface area contributed by atoms with Crippen LogP contribution in [0.15, 0.2) is 16.7 Å². The molecule has 0 saturated carbocycles. The smallest absolute Gasteiger partial charge is 0.229 e. The molecule has 0 unspecified atom stereocenters. The first-order chi connectivity index (χ1) is 11.0. The fraction of sp³-hybridized carbons (Fsp3) is 0.611. The lowest BCUT2D eigenvalue weighted by Crippen LogP contribution is -2.55. The lowest BCUT2D eigenvalue weighted by Gasteiger charge is -2.51. The SMILES string of the molecule is COc1c2c(nc3occc13)[C@@]1(OC)CCC(C)(C)O[C@@H]1CC2. The van der Waals surface area contributed by atoms with Gasteiger partial charge in [0, 0.05) is 12.7 Å². The van der Waals surface area contributed by atoms with Crippen molar-refractivity contribution in [2.45, 2.75) is 56.8 Å². The summed E-state index contributed by atoms with van der Waals surface area (Å²) in [4.78, 5) is 4.81. The van der Waals surface area contributed by atoms with E-state index in [1.165, 1.54) is 0 Å². The molecule has 5 nitrogen and oxygen atoms in total. The lowest BCUT2D eigenvalue weighted by molar-refractivity contribution is -0.230. The van der Waals surface area contributed by atoms with Crippen LogP contribution in [-0.2, 0) is 21.5 Å². The Morgan fingerprint density at radius 3 is 2.83 bits per heavy atom.